The van der Waals surface area contributed by atoms with E-state index in [1.54, 1.807) is 13.2 Å². The van der Waals surface area contributed by atoms with E-state index in [0.717, 1.165) is 41.2 Å². The largest absolute Gasteiger partial charge is 0.497 e. The molecular weight excluding hydrogens is 444 g/mol. The van der Waals surface area contributed by atoms with E-state index in [9.17, 15) is 9.59 Å². The zero-order valence-electron chi connectivity index (χ0n) is 17.7. The van der Waals surface area contributed by atoms with Crippen LogP contribution in [0.25, 0.3) is 21.0 Å². The molecule has 1 aliphatic rings. The highest BCUT2D eigenvalue weighted by Crippen LogP contribution is 2.37. The number of methoxy groups -OCH3 is 1. The molecule has 0 spiro atoms. The van der Waals surface area contributed by atoms with E-state index in [1.807, 2.05) is 47.4 Å². The van der Waals surface area contributed by atoms with Crippen molar-refractivity contribution < 1.29 is 9.53 Å². The molecule has 5 nitrogen and oxygen atoms in total. The van der Waals surface area contributed by atoms with E-state index in [0.29, 0.717) is 26.7 Å². The Labute approximate surface area is 194 Å². The van der Waals surface area contributed by atoms with Gasteiger partial charge < -0.3 is 14.6 Å². The number of hydrogen-bond acceptors (Lipinski definition) is 4. The second-order valence-electron chi connectivity index (χ2n) is 8.19. The van der Waals surface area contributed by atoms with Crippen molar-refractivity contribution in [1.29, 1.82) is 0 Å². The number of H-pyrrole nitrogens is 1. The summed E-state index contributed by atoms with van der Waals surface area (Å²) in [4.78, 5) is 31.9. The van der Waals surface area contributed by atoms with Crippen LogP contribution in [0.3, 0.4) is 0 Å². The fourth-order valence-electron chi connectivity index (χ4n) is 4.52. The molecule has 2 aromatic carbocycles. The van der Waals surface area contributed by atoms with Gasteiger partial charge in [0, 0.05) is 27.8 Å². The number of nitrogens with zero attached hydrogens (tertiary/aromatic N) is 1. The number of rotatable bonds is 5. The average Bonchev–Trinajstić information content (AvgIpc) is 3.45. The fraction of sp³-hybridized carbons (Fsp3) is 0.280. The number of thiophene rings is 1. The Morgan fingerprint density at radius 3 is 2.72 bits per heavy atom. The number of ether oxygens (including phenoxy) is 1. The van der Waals surface area contributed by atoms with Crippen LogP contribution in [0.15, 0.2) is 53.3 Å². The third-order valence-electron chi connectivity index (χ3n) is 6.23. The summed E-state index contributed by atoms with van der Waals surface area (Å²) in [6, 6.07) is 15.3. The lowest BCUT2D eigenvalue weighted by Crippen LogP contribution is -2.39. The molecule has 2 heterocycles. The van der Waals surface area contributed by atoms with Crippen molar-refractivity contribution in [2.24, 2.45) is 0 Å². The van der Waals surface area contributed by atoms with Crippen molar-refractivity contribution in [3.05, 3.63) is 74.3 Å². The molecular formula is C25H23ClN2O3S. The van der Waals surface area contributed by atoms with Gasteiger partial charge in [0.15, 0.2) is 0 Å². The molecule has 164 valence electrons. The number of pyridine rings is 1. The van der Waals surface area contributed by atoms with Gasteiger partial charge in [-0.1, -0.05) is 42.6 Å². The molecule has 0 atom stereocenters. The van der Waals surface area contributed by atoms with Gasteiger partial charge in [0.2, 0.25) is 0 Å². The van der Waals surface area contributed by atoms with Crippen LogP contribution in [0.5, 0.6) is 5.75 Å². The Kier molecular flexibility index (Phi) is 5.66. The van der Waals surface area contributed by atoms with Crippen LogP contribution in [0.2, 0.25) is 5.02 Å². The Morgan fingerprint density at radius 2 is 1.97 bits per heavy atom. The number of carbonyl (C=O) groups is 1. The van der Waals surface area contributed by atoms with Gasteiger partial charge in [0.05, 0.1) is 24.2 Å². The molecule has 5 rings (SSSR count). The number of carbonyl (C=O) groups excluding carboxylic acids is 1. The molecule has 4 aromatic rings. The van der Waals surface area contributed by atoms with Crippen molar-refractivity contribution in [1.82, 2.24) is 9.88 Å². The Morgan fingerprint density at radius 1 is 1.19 bits per heavy atom. The third kappa shape index (κ3) is 3.78. The molecule has 1 amide bonds. The highest BCUT2D eigenvalue weighted by molar-refractivity contribution is 7.21. The first-order valence-electron chi connectivity index (χ1n) is 10.7. The summed E-state index contributed by atoms with van der Waals surface area (Å²) >= 11 is 8.04. The summed E-state index contributed by atoms with van der Waals surface area (Å²) in [5.41, 5.74) is 1.09. The van der Waals surface area contributed by atoms with E-state index < -0.39 is 0 Å². The predicted molar refractivity (Wildman–Crippen MR) is 130 cm³/mol. The first-order valence-corrected chi connectivity index (χ1v) is 11.9. The molecule has 1 saturated carbocycles. The molecule has 1 fully saturated rings. The first kappa shape index (κ1) is 21.0. The second kappa shape index (κ2) is 8.60. The van der Waals surface area contributed by atoms with Gasteiger partial charge in [0.25, 0.3) is 11.5 Å². The number of aromatic amines is 1. The van der Waals surface area contributed by atoms with Crippen LogP contribution < -0.4 is 10.3 Å². The quantitative estimate of drug-likeness (QED) is 0.393. The maximum absolute atomic E-state index is 13.7. The van der Waals surface area contributed by atoms with E-state index in [-0.39, 0.29) is 24.1 Å². The summed E-state index contributed by atoms with van der Waals surface area (Å²) in [5, 5.41) is 2.30. The molecule has 7 heteroatoms. The number of benzene rings is 2. The normalized spacial score (nSPS) is 14.3. The lowest BCUT2D eigenvalue weighted by Gasteiger charge is -2.28. The summed E-state index contributed by atoms with van der Waals surface area (Å²) in [7, 11) is 1.60. The number of nitrogens with one attached hydrogen (secondary N) is 1. The van der Waals surface area contributed by atoms with E-state index in [1.165, 1.54) is 11.3 Å². The molecule has 1 aliphatic carbocycles. The topological polar surface area (TPSA) is 62.4 Å². The zero-order valence-corrected chi connectivity index (χ0v) is 19.3. The predicted octanol–water partition coefficient (Wildman–Crippen LogP) is 5.99. The average molecular weight is 467 g/mol. The lowest BCUT2D eigenvalue weighted by molar-refractivity contribution is 0.0669. The van der Waals surface area contributed by atoms with Gasteiger partial charge in [-0.15, -0.1) is 11.3 Å². The van der Waals surface area contributed by atoms with Crippen LogP contribution in [0.1, 0.15) is 40.9 Å². The number of aromatic nitrogens is 1. The van der Waals surface area contributed by atoms with Crippen molar-refractivity contribution >= 4 is 49.8 Å². The molecule has 0 aliphatic heterocycles. The van der Waals surface area contributed by atoms with Gasteiger partial charge in [-0.3, -0.25) is 9.59 Å². The minimum Gasteiger partial charge on any atom is -0.497 e. The highest BCUT2D eigenvalue weighted by Gasteiger charge is 2.31. The summed E-state index contributed by atoms with van der Waals surface area (Å²) in [6.45, 7) is 0.255. The summed E-state index contributed by atoms with van der Waals surface area (Å²) < 4.78 is 6.25. The molecule has 32 heavy (non-hydrogen) atoms. The summed E-state index contributed by atoms with van der Waals surface area (Å²) in [6.07, 6.45) is 4.05. The van der Waals surface area contributed by atoms with Crippen LogP contribution in [0, 0.1) is 0 Å². The maximum Gasteiger partial charge on any atom is 0.266 e. The first-order chi connectivity index (χ1) is 15.5. The summed E-state index contributed by atoms with van der Waals surface area (Å²) in [5.74, 6) is 0.584. The minimum atomic E-state index is -0.191. The van der Waals surface area contributed by atoms with E-state index >= 15 is 0 Å². The van der Waals surface area contributed by atoms with Gasteiger partial charge >= 0.3 is 0 Å². The molecule has 0 unspecified atom stereocenters. The molecule has 2 aromatic heterocycles. The Bertz CT molecular complexity index is 1370. The number of amides is 1. The van der Waals surface area contributed by atoms with Gasteiger partial charge in [0.1, 0.15) is 10.6 Å². The second-order valence-corrected chi connectivity index (χ2v) is 9.62. The SMILES string of the molecule is COc1ccc2cc(CN(C(=O)c3sc4ccccc4c3Cl)C3CCCC3)c(=O)[nH]c2c1. The highest BCUT2D eigenvalue weighted by atomic mass is 35.5. The zero-order chi connectivity index (χ0) is 22.2. The van der Waals surface area contributed by atoms with Crippen LogP contribution >= 0.6 is 22.9 Å². The Balaban J connectivity index is 1.54. The van der Waals surface area contributed by atoms with Crippen LogP contribution in [-0.4, -0.2) is 28.9 Å². The molecule has 0 saturated heterocycles. The molecule has 0 bridgehead atoms. The van der Waals surface area contributed by atoms with Gasteiger partial charge in [-0.25, -0.2) is 0 Å². The number of halogens is 1. The van der Waals surface area contributed by atoms with Crippen LogP contribution in [0.4, 0.5) is 0 Å². The molecule has 0 radical (unpaired) electrons. The lowest BCUT2D eigenvalue weighted by atomic mass is 10.1. The Hall–Kier alpha value is -2.83. The fourth-order valence-corrected chi connectivity index (χ4v) is 5.99. The standard InChI is InChI=1S/C25H23ClN2O3S/c1-31-18-11-10-15-12-16(24(29)27-20(15)13-18)14-28(17-6-2-3-7-17)25(30)23-22(26)19-8-4-5-9-21(19)32-23/h4-5,8-13,17H,2-3,6-7,14H2,1H3,(H,27,29). The van der Waals surface area contributed by atoms with Crippen molar-refractivity contribution in [3.8, 4) is 5.75 Å². The van der Waals surface area contributed by atoms with Crippen molar-refractivity contribution in [3.63, 3.8) is 0 Å². The van der Waals surface area contributed by atoms with Crippen molar-refractivity contribution in [2.45, 2.75) is 38.3 Å². The van der Waals surface area contributed by atoms with Gasteiger partial charge in [-0.05, 0) is 42.5 Å². The number of hydrogen-bond donors (Lipinski definition) is 1. The minimum absolute atomic E-state index is 0.0997. The number of fused-ring (bicyclic) bond motifs is 2. The smallest absolute Gasteiger partial charge is 0.266 e. The third-order valence-corrected chi connectivity index (χ3v) is 7.89. The maximum atomic E-state index is 13.7. The molecule has 1 N–H and O–H groups in total. The van der Waals surface area contributed by atoms with Crippen molar-refractivity contribution in [2.75, 3.05) is 7.11 Å². The van der Waals surface area contributed by atoms with E-state index in [4.69, 9.17) is 16.3 Å². The van der Waals surface area contributed by atoms with Crippen LogP contribution in [-0.2, 0) is 6.54 Å². The van der Waals surface area contributed by atoms with Gasteiger partial charge in [-0.2, -0.15) is 0 Å². The van der Waals surface area contributed by atoms with E-state index in [2.05, 4.69) is 4.98 Å². The monoisotopic (exact) mass is 466 g/mol.